The summed E-state index contributed by atoms with van der Waals surface area (Å²) < 4.78 is 0. The number of anilines is 1. The minimum Gasteiger partial charge on any atom is -0.387 e. The fourth-order valence-corrected chi connectivity index (χ4v) is 2.78. The van der Waals surface area contributed by atoms with Crippen molar-refractivity contribution in [3.05, 3.63) is 23.4 Å². The number of amidine groups is 1. The van der Waals surface area contributed by atoms with Crippen molar-refractivity contribution in [3.63, 3.8) is 0 Å². The highest BCUT2D eigenvalue weighted by Gasteiger charge is 2.24. The van der Waals surface area contributed by atoms with Gasteiger partial charge in [-0.1, -0.05) is 13.3 Å². The zero-order chi connectivity index (χ0) is 15.4. The van der Waals surface area contributed by atoms with Crippen LogP contribution in [0.15, 0.2) is 17.3 Å². The zero-order valence-electron chi connectivity index (χ0n) is 13.1. The van der Waals surface area contributed by atoms with E-state index in [1.54, 1.807) is 13.1 Å². The number of nitrogens with zero attached hydrogens (tertiary/aromatic N) is 3. The number of aryl methyl sites for hydroxylation is 1. The van der Waals surface area contributed by atoms with Gasteiger partial charge in [0.1, 0.15) is 11.7 Å². The lowest BCUT2D eigenvalue weighted by molar-refractivity contribution is 0.100. The Labute approximate surface area is 126 Å². The highest BCUT2D eigenvalue weighted by Crippen LogP contribution is 2.27. The largest absolute Gasteiger partial charge is 0.387 e. The number of nitrogens with two attached hydrogens (primary N) is 1. The predicted octanol–water partition coefficient (Wildman–Crippen LogP) is 2.53. The topological polar surface area (TPSA) is 71.6 Å². The van der Waals surface area contributed by atoms with Crippen molar-refractivity contribution in [1.82, 2.24) is 4.98 Å². The third kappa shape index (κ3) is 3.80. The van der Waals surface area contributed by atoms with Gasteiger partial charge in [0, 0.05) is 19.3 Å². The average molecular weight is 288 g/mol. The number of aromatic nitrogens is 1. The maximum Gasteiger partial charge on any atom is 0.282 e. The normalized spacial score (nSPS) is 19.7. The molecular weight excluding hydrogens is 264 g/mol. The second-order valence-electron chi connectivity index (χ2n) is 5.80. The molecule has 1 amide bonds. The summed E-state index contributed by atoms with van der Waals surface area (Å²) >= 11 is 0. The van der Waals surface area contributed by atoms with E-state index in [9.17, 15) is 4.79 Å². The molecule has 0 aromatic carbocycles. The second-order valence-corrected chi connectivity index (χ2v) is 5.80. The highest BCUT2D eigenvalue weighted by atomic mass is 16.1. The smallest absolute Gasteiger partial charge is 0.282 e. The molecule has 5 heteroatoms. The number of aliphatic imine (C=N–C) groups is 1. The summed E-state index contributed by atoms with van der Waals surface area (Å²) in [7, 11) is 0. The number of carbonyl (C=O) groups excluding carboxylic acids is 1. The predicted molar refractivity (Wildman–Crippen MR) is 85.8 cm³/mol. The first kappa shape index (κ1) is 15.5. The molecule has 2 heterocycles. The minimum atomic E-state index is -0.306. The van der Waals surface area contributed by atoms with Crippen molar-refractivity contribution >= 4 is 17.6 Å². The van der Waals surface area contributed by atoms with Gasteiger partial charge in [0.25, 0.3) is 5.91 Å². The Bertz CT molecular complexity index is 549. The molecule has 1 aromatic heterocycles. The molecule has 1 atom stereocenters. The van der Waals surface area contributed by atoms with E-state index in [1.807, 2.05) is 13.0 Å². The van der Waals surface area contributed by atoms with Crippen LogP contribution in [0.3, 0.4) is 0 Å². The molecule has 1 aromatic rings. The molecule has 5 nitrogen and oxygen atoms in total. The molecule has 0 saturated carbocycles. The van der Waals surface area contributed by atoms with Crippen molar-refractivity contribution in [1.29, 1.82) is 0 Å². The highest BCUT2D eigenvalue weighted by molar-refractivity contribution is 6.05. The molecule has 1 saturated heterocycles. The van der Waals surface area contributed by atoms with Gasteiger partial charge in [-0.25, -0.2) is 4.98 Å². The van der Waals surface area contributed by atoms with Gasteiger partial charge in [-0.3, -0.25) is 4.79 Å². The van der Waals surface area contributed by atoms with Crippen LogP contribution in [0.5, 0.6) is 0 Å². The number of hydrogen-bond donors (Lipinski definition) is 1. The Kier molecular flexibility index (Phi) is 4.94. The van der Waals surface area contributed by atoms with Gasteiger partial charge in [0.05, 0.1) is 5.56 Å². The third-order valence-corrected chi connectivity index (χ3v) is 3.91. The summed E-state index contributed by atoms with van der Waals surface area (Å²) in [6, 6.07) is 1.85. The lowest BCUT2D eigenvalue weighted by atomic mass is 9.95. The van der Waals surface area contributed by atoms with Crippen LogP contribution in [0.25, 0.3) is 0 Å². The van der Waals surface area contributed by atoms with Crippen molar-refractivity contribution < 1.29 is 4.79 Å². The molecular formula is C16H24N4O. The van der Waals surface area contributed by atoms with Gasteiger partial charge in [-0.2, -0.15) is 4.99 Å². The minimum absolute atomic E-state index is 0.275. The monoisotopic (exact) mass is 288 g/mol. The summed E-state index contributed by atoms with van der Waals surface area (Å²) in [6.45, 7) is 7.66. The summed E-state index contributed by atoms with van der Waals surface area (Å²) in [4.78, 5) is 22.9. The van der Waals surface area contributed by atoms with E-state index in [-0.39, 0.29) is 11.7 Å². The molecule has 0 bridgehead atoms. The maximum atomic E-state index is 12.3. The van der Waals surface area contributed by atoms with Gasteiger partial charge in [0.15, 0.2) is 0 Å². The first-order valence-corrected chi connectivity index (χ1v) is 7.58. The van der Waals surface area contributed by atoms with Crippen molar-refractivity contribution in [3.8, 4) is 0 Å². The summed E-state index contributed by atoms with van der Waals surface area (Å²) in [5, 5.41) is 0. The van der Waals surface area contributed by atoms with Gasteiger partial charge >= 0.3 is 0 Å². The van der Waals surface area contributed by atoms with Crippen molar-refractivity contribution in [2.75, 3.05) is 18.0 Å². The second kappa shape index (κ2) is 6.70. The Hall–Kier alpha value is -1.91. The van der Waals surface area contributed by atoms with Crippen molar-refractivity contribution in [2.45, 2.75) is 40.0 Å². The molecule has 0 radical (unpaired) electrons. The number of amides is 1. The van der Waals surface area contributed by atoms with Gasteiger partial charge in [0.2, 0.25) is 0 Å². The summed E-state index contributed by atoms with van der Waals surface area (Å²) in [5.74, 6) is 1.38. The first-order chi connectivity index (χ1) is 10.0. The standard InChI is InChI=1S/C16H24N4O/c1-4-13-6-5-7-20(10-13)15-14(8-11(2)9-18-15)16(21)19-12(3)17/h8-9,13H,4-7,10H2,1-3H3,(H2,17,19,21). The number of rotatable bonds is 3. The number of pyridine rings is 1. The van der Waals surface area contributed by atoms with Crippen LogP contribution in [0.4, 0.5) is 5.82 Å². The summed E-state index contributed by atoms with van der Waals surface area (Å²) in [5.41, 5.74) is 7.04. The molecule has 0 spiro atoms. The molecule has 1 unspecified atom stereocenters. The Balaban J connectivity index is 2.34. The number of piperidine rings is 1. The molecule has 21 heavy (non-hydrogen) atoms. The maximum absolute atomic E-state index is 12.3. The Morgan fingerprint density at radius 3 is 3.00 bits per heavy atom. The van der Waals surface area contributed by atoms with Crippen LogP contribution in [-0.2, 0) is 0 Å². The van der Waals surface area contributed by atoms with Crippen LogP contribution >= 0.6 is 0 Å². The van der Waals surface area contributed by atoms with Crippen molar-refractivity contribution in [2.24, 2.45) is 16.6 Å². The zero-order valence-corrected chi connectivity index (χ0v) is 13.1. The molecule has 1 fully saturated rings. The molecule has 114 valence electrons. The Morgan fingerprint density at radius 1 is 1.57 bits per heavy atom. The average Bonchev–Trinajstić information content (AvgIpc) is 2.46. The third-order valence-electron chi connectivity index (χ3n) is 3.91. The SMILES string of the molecule is CCC1CCCN(c2ncc(C)cc2C(=O)N=C(C)N)C1. The fourth-order valence-electron chi connectivity index (χ4n) is 2.78. The van der Waals surface area contributed by atoms with Crippen LogP contribution < -0.4 is 10.6 Å². The fraction of sp³-hybridized carbons (Fsp3) is 0.562. The lowest BCUT2D eigenvalue weighted by Crippen LogP contribution is -2.36. The van der Waals surface area contributed by atoms with Gasteiger partial charge < -0.3 is 10.6 Å². The first-order valence-electron chi connectivity index (χ1n) is 7.58. The van der Waals surface area contributed by atoms with E-state index < -0.39 is 0 Å². The van der Waals surface area contributed by atoms with Crippen LogP contribution in [0.2, 0.25) is 0 Å². The van der Waals surface area contributed by atoms with Crippen LogP contribution in [0.1, 0.15) is 49.0 Å². The van der Waals surface area contributed by atoms with E-state index in [2.05, 4.69) is 21.8 Å². The molecule has 1 aliphatic rings. The lowest BCUT2D eigenvalue weighted by Gasteiger charge is -2.34. The number of carbonyl (C=O) groups is 1. The molecule has 0 aliphatic carbocycles. The van der Waals surface area contributed by atoms with Crippen LogP contribution in [0, 0.1) is 12.8 Å². The summed E-state index contributed by atoms with van der Waals surface area (Å²) in [6.07, 6.45) is 5.36. The molecule has 1 aliphatic heterocycles. The van der Waals surface area contributed by atoms with E-state index >= 15 is 0 Å². The Morgan fingerprint density at radius 2 is 2.33 bits per heavy atom. The van der Waals surface area contributed by atoms with Gasteiger partial charge in [-0.15, -0.1) is 0 Å². The van der Waals surface area contributed by atoms with E-state index in [0.717, 1.165) is 37.3 Å². The van der Waals surface area contributed by atoms with E-state index in [4.69, 9.17) is 5.73 Å². The molecule has 2 N–H and O–H groups in total. The van der Waals surface area contributed by atoms with E-state index in [0.29, 0.717) is 11.5 Å². The molecule has 2 rings (SSSR count). The number of hydrogen-bond acceptors (Lipinski definition) is 3. The van der Waals surface area contributed by atoms with Gasteiger partial charge in [-0.05, 0) is 44.2 Å². The quantitative estimate of drug-likeness (QED) is 0.685. The van der Waals surface area contributed by atoms with E-state index in [1.165, 1.54) is 6.42 Å². The van der Waals surface area contributed by atoms with Crippen LogP contribution in [-0.4, -0.2) is 29.8 Å².